The first-order valence-electron chi connectivity index (χ1n) is 18.4. The maximum absolute atomic E-state index is 12.1. The number of hydrogen-bond acceptors (Lipinski definition) is 6. The molecule has 3 aromatic rings. The van der Waals surface area contributed by atoms with Gasteiger partial charge in [-0.2, -0.15) is 0 Å². The molecule has 0 aliphatic rings. The molecular weight excluding hydrogens is 624 g/mol. The van der Waals surface area contributed by atoms with Crippen LogP contribution in [0.4, 0.5) is 0 Å². The van der Waals surface area contributed by atoms with Crippen LogP contribution in [-0.4, -0.2) is 48.6 Å². The monoisotopic (exact) mass is 682 g/mol. The van der Waals surface area contributed by atoms with E-state index >= 15 is 0 Å². The van der Waals surface area contributed by atoms with Gasteiger partial charge in [0.2, 0.25) is 0 Å². The predicted molar refractivity (Wildman–Crippen MR) is 204 cm³/mol. The molecule has 0 bridgehead atoms. The number of aryl methyl sites for hydroxylation is 4. The molecule has 0 radical (unpaired) electrons. The minimum Gasteiger partial charge on any atom is -0.462 e. The molecule has 3 rings (SSSR count). The van der Waals surface area contributed by atoms with Crippen molar-refractivity contribution in [2.24, 2.45) is 5.92 Å². The number of rotatable bonds is 22. The average Bonchev–Trinajstić information content (AvgIpc) is 3.12. The zero-order valence-corrected chi connectivity index (χ0v) is 30.8. The van der Waals surface area contributed by atoms with Crippen molar-refractivity contribution in [2.75, 3.05) is 26.4 Å². The summed E-state index contributed by atoms with van der Waals surface area (Å²) in [5.41, 5.74) is 11.6. The van der Waals surface area contributed by atoms with Crippen molar-refractivity contribution in [1.29, 1.82) is 0 Å². The number of unbranched alkanes of at least 4 members (excludes halogenated alkanes) is 2. The summed E-state index contributed by atoms with van der Waals surface area (Å²) in [6.45, 7) is 15.5. The molecule has 0 aliphatic heterocycles. The Kier molecular flexibility index (Phi) is 17.2. The van der Waals surface area contributed by atoms with Crippen LogP contribution in [0.3, 0.4) is 0 Å². The Morgan fingerprint density at radius 2 is 1.20 bits per heavy atom. The summed E-state index contributed by atoms with van der Waals surface area (Å²) in [5.74, 6) is -0.999. The van der Waals surface area contributed by atoms with E-state index in [0.29, 0.717) is 49.7 Å². The maximum atomic E-state index is 12.1. The lowest BCUT2D eigenvalue weighted by molar-refractivity contribution is -0.139. The zero-order valence-electron chi connectivity index (χ0n) is 30.8. The summed E-state index contributed by atoms with van der Waals surface area (Å²) >= 11 is 0. The molecule has 0 unspecified atom stereocenters. The molecule has 0 amide bonds. The lowest BCUT2D eigenvalue weighted by atomic mass is 9.85. The van der Waals surface area contributed by atoms with Gasteiger partial charge in [0.15, 0.2) is 0 Å². The van der Waals surface area contributed by atoms with E-state index < -0.39 is 11.9 Å². The summed E-state index contributed by atoms with van der Waals surface area (Å²) in [5, 5.41) is 19.6. The van der Waals surface area contributed by atoms with E-state index in [0.717, 1.165) is 29.5 Å². The molecule has 0 aliphatic carbocycles. The molecule has 6 nitrogen and oxygen atoms in total. The zero-order chi connectivity index (χ0) is 36.5. The maximum Gasteiger partial charge on any atom is 0.333 e. The van der Waals surface area contributed by atoms with Crippen molar-refractivity contribution in [2.45, 2.75) is 98.3 Å². The van der Waals surface area contributed by atoms with Crippen LogP contribution in [0.5, 0.6) is 0 Å². The van der Waals surface area contributed by atoms with Crippen molar-refractivity contribution in [3.05, 3.63) is 107 Å². The molecule has 0 heterocycles. The Bertz CT molecular complexity index is 1510. The Labute approximate surface area is 300 Å². The number of carbonyl (C=O) groups is 2. The van der Waals surface area contributed by atoms with Gasteiger partial charge in [-0.15, -0.1) is 0 Å². The molecule has 50 heavy (non-hydrogen) atoms. The molecule has 0 aromatic heterocycles. The second-order valence-electron chi connectivity index (χ2n) is 13.5. The van der Waals surface area contributed by atoms with Crippen molar-refractivity contribution in [3.8, 4) is 22.3 Å². The topological polar surface area (TPSA) is 93.1 Å². The minimum absolute atomic E-state index is 0.0826. The molecule has 0 saturated carbocycles. The van der Waals surface area contributed by atoms with Crippen LogP contribution in [0.25, 0.3) is 22.3 Å². The Hall–Kier alpha value is -4.00. The van der Waals surface area contributed by atoms with Gasteiger partial charge in [-0.1, -0.05) is 94.4 Å². The normalized spacial score (nSPS) is 11.1. The molecular formula is C44H58O6. The van der Waals surface area contributed by atoms with E-state index in [1.54, 1.807) is 13.8 Å². The van der Waals surface area contributed by atoms with Crippen molar-refractivity contribution in [1.82, 2.24) is 0 Å². The Morgan fingerprint density at radius 1 is 0.660 bits per heavy atom. The van der Waals surface area contributed by atoms with Crippen LogP contribution < -0.4 is 0 Å². The fraction of sp³-hybridized carbons (Fsp3) is 0.455. The number of aliphatic hydroxyl groups excluding tert-OH is 2. The summed E-state index contributed by atoms with van der Waals surface area (Å²) in [7, 11) is 0. The van der Waals surface area contributed by atoms with Gasteiger partial charge in [0.05, 0.1) is 13.2 Å². The average molecular weight is 683 g/mol. The number of hydrogen-bond donors (Lipinski definition) is 2. The number of benzene rings is 3. The van der Waals surface area contributed by atoms with E-state index in [2.05, 4.69) is 81.6 Å². The van der Waals surface area contributed by atoms with Crippen LogP contribution in [0.1, 0.15) is 94.0 Å². The lowest BCUT2D eigenvalue weighted by Crippen LogP contribution is -2.14. The van der Waals surface area contributed by atoms with E-state index in [4.69, 9.17) is 9.47 Å². The third-order valence-electron chi connectivity index (χ3n) is 9.25. The highest BCUT2D eigenvalue weighted by molar-refractivity contribution is 5.87. The standard InChI is InChI=1S/C44H58O6/c1-7-9-10-13-33-16-19-36(20-17-33)37-21-23-41(35(8-2)26-37)40-27-38(14-11-24-49-43(47)31(3)4)42(22-18-34(29-45)30-46)39(28-40)15-12-25-50-44(48)32(5)6/h16-17,19-21,23,26-28,34,45-46H,3,5,7-15,18,22,24-25,29-30H2,1-2,4,6H3. The first-order valence-corrected chi connectivity index (χ1v) is 18.4. The summed E-state index contributed by atoms with van der Waals surface area (Å²) in [6.07, 6.45) is 9.66. The fourth-order valence-electron chi connectivity index (χ4n) is 6.20. The molecule has 0 fully saturated rings. The van der Waals surface area contributed by atoms with Gasteiger partial charge in [-0.25, -0.2) is 9.59 Å². The molecule has 6 heteroatoms. The molecule has 0 spiro atoms. The summed E-state index contributed by atoms with van der Waals surface area (Å²) < 4.78 is 10.9. The first kappa shape index (κ1) is 40.4. The highest BCUT2D eigenvalue weighted by Gasteiger charge is 2.17. The minimum atomic E-state index is -0.392. The van der Waals surface area contributed by atoms with E-state index in [1.807, 2.05) is 0 Å². The second-order valence-corrected chi connectivity index (χ2v) is 13.5. The van der Waals surface area contributed by atoms with Crippen LogP contribution in [-0.2, 0) is 51.2 Å². The van der Waals surface area contributed by atoms with Crippen LogP contribution in [0.15, 0.2) is 78.9 Å². The SMILES string of the molecule is C=C(C)C(=O)OCCCc1cc(-c2ccc(-c3ccc(CCCCC)cc3)cc2CC)cc(CCCOC(=O)C(=C)C)c1CCC(CO)CO. The highest BCUT2D eigenvalue weighted by atomic mass is 16.5. The Morgan fingerprint density at radius 3 is 1.70 bits per heavy atom. The first-order chi connectivity index (χ1) is 24.1. The van der Waals surface area contributed by atoms with Crippen molar-refractivity contribution in [3.63, 3.8) is 0 Å². The highest BCUT2D eigenvalue weighted by Crippen LogP contribution is 2.34. The molecule has 3 aromatic carbocycles. The van der Waals surface area contributed by atoms with E-state index in [9.17, 15) is 19.8 Å². The molecule has 0 atom stereocenters. The second kappa shape index (κ2) is 21.3. The van der Waals surface area contributed by atoms with E-state index in [1.165, 1.54) is 52.6 Å². The fourth-order valence-corrected chi connectivity index (χ4v) is 6.20. The summed E-state index contributed by atoms with van der Waals surface area (Å²) in [4.78, 5) is 24.1. The van der Waals surface area contributed by atoms with Crippen LogP contribution in [0.2, 0.25) is 0 Å². The van der Waals surface area contributed by atoms with Crippen LogP contribution in [0, 0.1) is 5.92 Å². The molecule has 270 valence electrons. The number of esters is 2. The van der Waals surface area contributed by atoms with Crippen molar-refractivity contribution >= 4 is 11.9 Å². The predicted octanol–water partition coefficient (Wildman–Crippen LogP) is 8.95. The number of ether oxygens (including phenoxy) is 2. The third kappa shape index (κ3) is 12.4. The smallest absolute Gasteiger partial charge is 0.333 e. The van der Waals surface area contributed by atoms with Gasteiger partial charge >= 0.3 is 11.9 Å². The van der Waals surface area contributed by atoms with Crippen LogP contribution >= 0.6 is 0 Å². The van der Waals surface area contributed by atoms with Gasteiger partial charge in [0, 0.05) is 30.3 Å². The largest absolute Gasteiger partial charge is 0.462 e. The van der Waals surface area contributed by atoms with Gasteiger partial charge in [-0.3, -0.25) is 0 Å². The quantitative estimate of drug-likeness (QED) is 0.0625. The van der Waals surface area contributed by atoms with Gasteiger partial charge in [-0.05, 0) is 122 Å². The Balaban J connectivity index is 2.01. The molecule has 2 N–H and O–H groups in total. The molecule has 0 saturated heterocycles. The summed E-state index contributed by atoms with van der Waals surface area (Å²) in [6, 6.07) is 20.2. The van der Waals surface area contributed by atoms with Gasteiger partial charge in [0.1, 0.15) is 0 Å². The third-order valence-corrected chi connectivity index (χ3v) is 9.25. The van der Waals surface area contributed by atoms with Gasteiger partial charge < -0.3 is 19.7 Å². The van der Waals surface area contributed by atoms with Crippen molar-refractivity contribution < 1.29 is 29.3 Å². The van der Waals surface area contributed by atoms with E-state index in [-0.39, 0.29) is 32.3 Å². The number of aliphatic hydroxyl groups is 2. The lowest BCUT2D eigenvalue weighted by Gasteiger charge is -2.21. The van der Waals surface area contributed by atoms with Gasteiger partial charge in [0.25, 0.3) is 0 Å². The number of carbonyl (C=O) groups excluding carboxylic acids is 2.